The summed E-state index contributed by atoms with van der Waals surface area (Å²) in [6.45, 7) is 0.976. The normalized spacial score (nSPS) is 19.4. The number of rotatable bonds is 2. The van der Waals surface area contributed by atoms with Crippen LogP contribution in [-0.4, -0.2) is 28.6 Å². The lowest BCUT2D eigenvalue weighted by atomic mass is 10.3. The molecule has 0 unspecified atom stereocenters. The van der Waals surface area contributed by atoms with Crippen LogP contribution < -0.4 is 13.8 Å². The van der Waals surface area contributed by atoms with Crippen molar-refractivity contribution in [1.29, 1.82) is 0 Å². The summed E-state index contributed by atoms with van der Waals surface area (Å²) >= 11 is 0. The van der Waals surface area contributed by atoms with Gasteiger partial charge in [-0.2, -0.15) is 13.1 Å². The largest absolute Gasteiger partial charge is 0.495 e. The van der Waals surface area contributed by atoms with Crippen molar-refractivity contribution in [3.63, 3.8) is 0 Å². The summed E-state index contributed by atoms with van der Waals surface area (Å²) in [6.07, 6.45) is 0.789. The predicted molar refractivity (Wildman–Crippen MR) is 61.9 cm³/mol. The molecule has 0 spiro atoms. The van der Waals surface area contributed by atoms with Gasteiger partial charge in [-0.1, -0.05) is 12.1 Å². The minimum Gasteiger partial charge on any atom is -0.495 e. The Morgan fingerprint density at radius 2 is 2.12 bits per heavy atom. The van der Waals surface area contributed by atoms with Gasteiger partial charge in [0, 0.05) is 13.1 Å². The zero-order valence-electron chi connectivity index (χ0n) is 9.01. The van der Waals surface area contributed by atoms with Crippen LogP contribution in [0.2, 0.25) is 0 Å². The molecule has 0 aromatic heterocycles. The van der Waals surface area contributed by atoms with E-state index in [1.54, 1.807) is 18.2 Å². The highest BCUT2D eigenvalue weighted by molar-refractivity contribution is 7.90. The monoisotopic (exact) mass is 242 g/mol. The standard InChI is InChI=1S/C10H14N2O3S/c1-15-10-6-3-2-5-9(10)12-8-4-7-11-16(12,13)14/h2-3,5-6,11H,4,7-8H2,1H3. The summed E-state index contributed by atoms with van der Waals surface area (Å²) in [5, 5.41) is 0. The van der Waals surface area contributed by atoms with E-state index in [2.05, 4.69) is 4.72 Å². The van der Waals surface area contributed by atoms with Crippen molar-refractivity contribution in [1.82, 2.24) is 4.72 Å². The van der Waals surface area contributed by atoms with Crippen LogP contribution in [0.1, 0.15) is 6.42 Å². The Kier molecular flexibility index (Phi) is 3.02. The van der Waals surface area contributed by atoms with Gasteiger partial charge in [0.25, 0.3) is 0 Å². The predicted octanol–water partition coefficient (Wildman–Crippen LogP) is 0.740. The number of hydrogen-bond donors (Lipinski definition) is 1. The van der Waals surface area contributed by atoms with Gasteiger partial charge in [-0.15, -0.1) is 0 Å². The van der Waals surface area contributed by atoms with Crippen LogP contribution in [0.4, 0.5) is 5.69 Å². The molecule has 0 amide bonds. The summed E-state index contributed by atoms with van der Waals surface area (Å²) in [7, 11) is -1.88. The third kappa shape index (κ3) is 1.98. The molecule has 1 fully saturated rings. The molecule has 1 aliphatic heterocycles. The van der Waals surface area contributed by atoms with Crippen molar-refractivity contribution in [2.45, 2.75) is 6.42 Å². The Morgan fingerprint density at radius 1 is 1.38 bits per heavy atom. The molecule has 1 aliphatic rings. The maximum absolute atomic E-state index is 11.8. The fraction of sp³-hybridized carbons (Fsp3) is 0.400. The molecule has 88 valence electrons. The highest BCUT2D eigenvalue weighted by atomic mass is 32.2. The molecule has 6 heteroatoms. The van der Waals surface area contributed by atoms with Crippen LogP contribution in [0.25, 0.3) is 0 Å². The molecule has 1 saturated heterocycles. The number of ether oxygens (including phenoxy) is 1. The quantitative estimate of drug-likeness (QED) is 0.832. The second-order valence-electron chi connectivity index (χ2n) is 3.50. The lowest BCUT2D eigenvalue weighted by Crippen LogP contribution is -2.47. The highest BCUT2D eigenvalue weighted by Crippen LogP contribution is 2.30. The Morgan fingerprint density at radius 3 is 2.81 bits per heavy atom. The average molecular weight is 242 g/mol. The van der Waals surface area contributed by atoms with Gasteiger partial charge in [0.1, 0.15) is 5.75 Å². The van der Waals surface area contributed by atoms with Crippen LogP contribution in [0.3, 0.4) is 0 Å². The Bertz CT molecular complexity index is 473. The van der Waals surface area contributed by atoms with Gasteiger partial charge < -0.3 is 4.74 Å². The molecule has 1 N–H and O–H groups in total. The second kappa shape index (κ2) is 4.31. The summed E-state index contributed by atoms with van der Waals surface area (Å²) in [5.74, 6) is 0.565. The van der Waals surface area contributed by atoms with Crippen molar-refractivity contribution in [3.05, 3.63) is 24.3 Å². The smallest absolute Gasteiger partial charge is 0.301 e. The number of benzene rings is 1. The molecule has 16 heavy (non-hydrogen) atoms. The van der Waals surface area contributed by atoms with E-state index in [1.807, 2.05) is 6.07 Å². The van der Waals surface area contributed by atoms with Crippen molar-refractivity contribution < 1.29 is 13.2 Å². The number of methoxy groups -OCH3 is 1. The maximum Gasteiger partial charge on any atom is 0.301 e. The minimum atomic E-state index is -3.41. The summed E-state index contributed by atoms with van der Waals surface area (Å²) in [6, 6.07) is 7.09. The first-order valence-electron chi connectivity index (χ1n) is 5.05. The molecule has 0 bridgehead atoms. The Hall–Kier alpha value is -1.27. The van der Waals surface area contributed by atoms with Crippen LogP contribution in [0.5, 0.6) is 5.75 Å². The van der Waals surface area contributed by atoms with Crippen molar-refractivity contribution in [2.24, 2.45) is 0 Å². The van der Waals surface area contributed by atoms with Gasteiger partial charge in [-0.3, -0.25) is 4.31 Å². The second-order valence-corrected chi connectivity index (χ2v) is 5.18. The molecular weight excluding hydrogens is 228 g/mol. The van der Waals surface area contributed by atoms with Crippen LogP contribution >= 0.6 is 0 Å². The molecule has 2 rings (SSSR count). The average Bonchev–Trinajstić information content (AvgIpc) is 2.28. The van der Waals surface area contributed by atoms with Gasteiger partial charge in [0.15, 0.2) is 0 Å². The first-order valence-corrected chi connectivity index (χ1v) is 6.49. The number of nitrogens with zero attached hydrogens (tertiary/aromatic N) is 1. The molecule has 1 heterocycles. The zero-order valence-corrected chi connectivity index (χ0v) is 9.83. The van der Waals surface area contributed by atoms with E-state index in [4.69, 9.17) is 4.74 Å². The molecule has 0 saturated carbocycles. The van der Waals surface area contributed by atoms with Crippen LogP contribution in [0.15, 0.2) is 24.3 Å². The molecule has 0 aliphatic carbocycles. The third-order valence-electron chi connectivity index (χ3n) is 2.47. The summed E-state index contributed by atoms with van der Waals surface area (Å²) in [5.41, 5.74) is 0.581. The van der Waals surface area contributed by atoms with Crippen molar-refractivity contribution in [3.8, 4) is 5.75 Å². The highest BCUT2D eigenvalue weighted by Gasteiger charge is 2.27. The summed E-state index contributed by atoms with van der Waals surface area (Å²) in [4.78, 5) is 0. The van der Waals surface area contributed by atoms with E-state index in [0.29, 0.717) is 24.5 Å². The molecule has 0 atom stereocenters. The Balaban J connectivity index is 2.42. The van der Waals surface area contributed by atoms with E-state index < -0.39 is 10.2 Å². The van der Waals surface area contributed by atoms with E-state index in [1.165, 1.54) is 11.4 Å². The lowest BCUT2D eigenvalue weighted by molar-refractivity contribution is 0.415. The first-order chi connectivity index (χ1) is 7.65. The fourth-order valence-electron chi connectivity index (χ4n) is 1.71. The first kappa shape index (κ1) is 11.2. The van der Waals surface area contributed by atoms with E-state index in [9.17, 15) is 8.42 Å². The molecule has 1 aromatic carbocycles. The van der Waals surface area contributed by atoms with E-state index >= 15 is 0 Å². The minimum absolute atomic E-state index is 0.482. The number of nitrogens with one attached hydrogen (secondary N) is 1. The van der Waals surface area contributed by atoms with E-state index in [0.717, 1.165) is 6.42 Å². The third-order valence-corrected chi connectivity index (χ3v) is 3.99. The number of para-hydroxylation sites is 2. The van der Waals surface area contributed by atoms with Crippen molar-refractivity contribution in [2.75, 3.05) is 24.5 Å². The van der Waals surface area contributed by atoms with Gasteiger partial charge >= 0.3 is 10.2 Å². The maximum atomic E-state index is 11.8. The summed E-state index contributed by atoms with van der Waals surface area (Å²) < 4.78 is 32.6. The van der Waals surface area contributed by atoms with Gasteiger partial charge in [-0.25, -0.2) is 0 Å². The number of hydrogen-bond acceptors (Lipinski definition) is 3. The lowest BCUT2D eigenvalue weighted by Gasteiger charge is -2.29. The van der Waals surface area contributed by atoms with Crippen molar-refractivity contribution >= 4 is 15.9 Å². The van der Waals surface area contributed by atoms with Crippen LogP contribution in [-0.2, 0) is 10.2 Å². The zero-order chi connectivity index (χ0) is 11.6. The molecule has 5 nitrogen and oxygen atoms in total. The van der Waals surface area contributed by atoms with E-state index in [-0.39, 0.29) is 0 Å². The fourth-order valence-corrected chi connectivity index (χ4v) is 3.05. The molecule has 0 radical (unpaired) electrons. The topological polar surface area (TPSA) is 58.6 Å². The van der Waals surface area contributed by atoms with Gasteiger partial charge in [0.05, 0.1) is 12.8 Å². The van der Waals surface area contributed by atoms with Gasteiger partial charge in [-0.05, 0) is 18.6 Å². The SMILES string of the molecule is COc1ccccc1N1CCCNS1(=O)=O. The molecule has 1 aromatic rings. The number of anilines is 1. The van der Waals surface area contributed by atoms with Gasteiger partial charge in [0.2, 0.25) is 0 Å². The molecular formula is C10H14N2O3S. The Labute approximate surface area is 95.2 Å². The van der Waals surface area contributed by atoms with Crippen LogP contribution in [0, 0.1) is 0 Å².